The molecule has 2 atom stereocenters. The van der Waals surface area contributed by atoms with E-state index in [4.69, 9.17) is 5.73 Å². The maximum Gasteiger partial charge on any atom is 0.159 e. The lowest BCUT2D eigenvalue weighted by atomic mass is 9.90. The number of nitrogens with two attached hydrogens (primary N) is 1. The van der Waals surface area contributed by atoms with Gasteiger partial charge in [0.15, 0.2) is 5.82 Å². The van der Waals surface area contributed by atoms with Gasteiger partial charge in [0.05, 0.1) is 6.20 Å². The van der Waals surface area contributed by atoms with Crippen molar-refractivity contribution in [2.24, 2.45) is 11.7 Å². The Morgan fingerprint density at radius 2 is 2.21 bits per heavy atom. The Morgan fingerprint density at radius 1 is 1.37 bits per heavy atom. The molecule has 0 aliphatic carbocycles. The molecule has 0 bridgehead atoms. The predicted molar refractivity (Wildman–Crippen MR) is 78.1 cm³/mol. The summed E-state index contributed by atoms with van der Waals surface area (Å²) in [4.78, 5) is 2.35. The number of nitrogens with zero attached hydrogens (tertiary/aromatic N) is 3. The van der Waals surface area contributed by atoms with Crippen molar-refractivity contribution in [3.05, 3.63) is 30.5 Å². The van der Waals surface area contributed by atoms with Gasteiger partial charge in [0.1, 0.15) is 0 Å². The standard InChI is InChI=1S/C15H20N4/c1-11-5-4-8-19(14(11)9-16)15-13-7-3-2-6-12(13)10-17-18-15/h2-3,6-7,10-11,14H,4-5,8-9,16H2,1H3. The van der Waals surface area contributed by atoms with E-state index in [9.17, 15) is 0 Å². The van der Waals surface area contributed by atoms with Gasteiger partial charge < -0.3 is 10.6 Å². The van der Waals surface area contributed by atoms with E-state index in [1.807, 2.05) is 12.3 Å². The molecule has 1 saturated heterocycles. The van der Waals surface area contributed by atoms with Crippen LogP contribution in [0.5, 0.6) is 0 Å². The van der Waals surface area contributed by atoms with Gasteiger partial charge in [-0.1, -0.05) is 31.2 Å². The fraction of sp³-hybridized carbons (Fsp3) is 0.467. The molecule has 4 nitrogen and oxygen atoms in total. The zero-order chi connectivity index (χ0) is 13.2. The molecular weight excluding hydrogens is 236 g/mol. The summed E-state index contributed by atoms with van der Waals surface area (Å²) in [5, 5.41) is 10.8. The Bertz CT molecular complexity index is 564. The van der Waals surface area contributed by atoms with Crippen molar-refractivity contribution >= 4 is 16.6 Å². The second-order valence-electron chi connectivity index (χ2n) is 5.37. The minimum atomic E-state index is 0.369. The number of benzene rings is 1. The molecule has 1 aliphatic rings. The monoisotopic (exact) mass is 256 g/mol. The van der Waals surface area contributed by atoms with Crippen molar-refractivity contribution in [3.63, 3.8) is 0 Å². The quantitative estimate of drug-likeness (QED) is 0.895. The van der Waals surface area contributed by atoms with E-state index >= 15 is 0 Å². The van der Waals surface area contributed by atoms with E-state index in [-0.39, 0.29) is 0 Å². The molecule has 3 rings (SSSR count). The number of hydrogen-bond donors (Lipinski definition) is 1. The molecule has 2 aromatic rings. The van der Waals surface area contributed by atoms with Gasteiger partial charge in [0, 0.05) is 29.9 Å². The van der Waals surface area contributed by atoms with Gasteiger partial charge in [0.2, 0.25) is 0 Å². The van der Waals surface area contributed by atoms with Crippen LogP contribution in [0.1, 0.15) is 19.8 Å². The van der Waals surface area contributed by atoms with Crippen molar-refractivity contribution < 1.29 is 0 Å². The molecule has 0 saturated carbocycles. The number of anilines is 1. The summed E-state index contributed by atoms with van der Waals surface area (Å²) >= 11 is 0. The number of fused-ring (bicyclic) bond motifs is 1. The van der Waals surface area contributed by atoms with Gasteiger partial charge in [-0.3, -0.25) is 0 Å². The average molecular weight is 256 g/mol. The third-order valence-electron chi connectivity index (χ3n) is 4.18. The molecule has 2 unspecified atom stereocenters. The second kappa shape index (κ2) is 5.13. The molecule has 0 spiro atoms. The number of piperidine rings is 1. The summed E-state index contributed by atoms with van der Waals surface area (Å²) in [6.45, 7) is 3.98. The van der Waals surface area contributed by atoms with E-state index in [0.717, 1.165) is 17.7 Å². The Labute approximate surface area is 113 Å². The first-order valence-electron chi connectivity index (χ1n) is 6.98. The lowest BCUT2D eigenvalue weighted by Crippen LogP contribution is -2.49. The molecule has 2 heterocycles. The first-order chi connectivity index (χ1) is 9.31. The highest BCUT2D eigenvalue weighted by atomic mass is 15.3. The number of hydrogen-bond acceptors (Lipinski definition) is 4. The van der Waals surface area contributed by atoms with Gasteiger partial charge in [-0.2, -0.15) is 5.10 Å². The van der Waals surface area contributed by atoms with Crippen LogP contribution in [0.3, 0.4) is 0 Å². The van der Waals surface area contributed by atoms with Crippen molar-refractivity contribution in [3.8, 4) is 0 Å². The van der Waals surface area contributed by atoms with Crippen LogP contribution in [0.4, 0.5) is 5.82 Å². The van der Waals surface area contributed by atoms with Crippen molar-refractivity contribution in [2.75, 3.05) is 18.0 Å². The smallest absolute Gasteiger partial charge is 0.159 e. The molecule has 100 valence electrons. The van der Waals surface area contributed by atoms with Crippen LogP contribution in [0.2, 0.25) is 0 Å². The van der Waals surface area contributed by atoms with Gasteiger partial charge >= 0.3 is 0 Å². The van der Waals surface area contributed by atoms with Crippen LogP contribution in [0.25, 0.3) is 10.8 Å². The maximum atomic E-state index is 5.98. The van der Waals surface area contributed by atoms with E-state index in [1.54, 1.807) is 0 Å². The molecule has 0 amide bonds. The SMILES string of the molecule is CC1CCCN(c2nncc3ccccc23)C1CN. The highest BCUT2D eigenvalue weighted by molar-refractivity contribution is 5.91. The summed E-state index contributed by atoms with van der Waals surface area (Å²) in [6, 6.07) is 8.66. The van der Waals surface area contributed by atoms with Gasteiger partial charge in [0.25, 0.3) is 0 Å². The zero-order valence-corrected chi connectivity index (χ0v) is 11.3. The summed E-state index contributed by atoms with van der Waals surface area (Å²) in [5.41, 5.74) is 5.98. The fourth-order valence-electron chi connectivity index (χ4n) is 3.10. The Morgan fingerprint density at radius 3 is 3.05 bits per heavy atom. The predicted octanol–water partition coefficient (Wildman–Crippen LogP) is 2.19. The van der Waals surface area contributed by atoms with E-state index in [2.05, 4.69) is 40.2 Å². The van der Waals surface area contributed by atoms with E-state index in [1.165, 1.54) is 18.2 Å². The van der Waals surface area contributed by atoms with Crippen LogP contribution >= 0.6 is 0 Å². The maximum absolute atomic E-state index is 5.98. The summed E-state index contributed by atoms with van der Waals surface area (Å²) in [5.74, 6) is 1.60. The molecule has 0 radical (unpaired) electrons. The normalized spacial score (nSPS) is 23.8. The van der Waals surface area contributed by atoms with Crippen molar-refractivity contribution in [2.45, 2.75) is 25.8 Å². The van der Waals surface area contributed by atoms with E-state index in [0.29, 0.717) is 18.5 Å². The number of rotatable bonds is 2. The van der Waals surface area contributed by atoms with Gasteiger partial charge in [-0.15, -0.1) is 5.10 Å². The zero-order valence-electron chi connectivity index (χ0n) is 11.3. The molecule has 4 heteroatoms. The third-order valence-corrected chi connectivity index (χ3v) is 4.18. The molecule has 19 heavy (non-hydrogen) atoms. The second-order valence-corrected chi connectivity index (χ2v) is 5.37. The number of aromatic nitrogens is 2. The third kappa shape index (κ3) is 2.16. The van der Waals surface area contributed by atoms with Crippen molar-refractivity contribution in [1.29, 1.82) is 0 Å². The largest absolute Gasteiger partial charge is 0.350 e. The molecule has 1 aromatic heterocycles. The van der Waals surface area contributed by atoms with Gasteiger partial charge in [-0.25, -0.2) is 0 Å². The first-order valence-corrected chi connectivity index (χ1v) is 6.98. The summed E-state index contributed by atoms with van der Waals surface area (Å²) in [6.07, 6.45) is 4.27. The molecular formula is C15H20N4. The Kier molecular flexibility index (Phi) is 3.34. The van der Waals surface area contributed by atoms with Crippen LogP contribution in [-0.2, 0) is 0 Å². The fourth-order valence-corrected chi connectivity index (χ4v) is 3.10. The average Bonchev–Trinajstić information content (AvgIpc) is 2.46. The summed E-state index contributed by atoms with van der Waals surface area (Å²) in [7, 11) is 0. The first kappa shape index (κ1) is 12.4. The van der Waals surface area contributed by atoms with E-state index < -0.39 is 0 Å². The van der Waals surface area contributed by atoms with Gasteiger partial charge in [-0.05, 0) is 18.8 Å². The van der Waals surface area contributed by atoms with Crippen LogP contribution in [0, 0.1) is 5.92 Å². The lowest BCUT2D eigenvalue weighted by molar-refractivity contribution is 0.348. The molecule has 1 aliphatic heterocycles. The molecule has 2 N–H and O–H groups in total. The summed E-state index contributed by atoms with van der Waals surface area (Å²) < 4.78 is 0. The topological polar surface area (TPSA) is 55.0 Å². The minimum absolute atomic E-state index is 0.369. The molecule has 1 aromatic carbocycles. The molecule has 1 fully saturated rings. The van der Waals surface area contributed by atoms with Crippen LogP contribution < -0.4 is 10.6 Å². The van der Waals surface area contributed by atoms with Crippen LogP contribution in [0.15, 0.2) is 30.5 Å². The lowest BCUT2D eigenvalue weighted by Gasteiger charge is -2.40. The Hall–Kier alpha value is -1.68. The Balaban J connectivity index is 2.07. The van der Waals surface area contributed by atoms with Crippen LogP contribution in [-0.4, -0.2) is 29.3 Å². The minimum Gasteiger partial charge on any atom is -0.350 e. The highest BCUT2D eigenvalue weighted by Crippen LogP contribution is 2.31. The highest BCUT2D eigenvalue weighted by Gasteiger charge is 2.29. The van der Waals surface area contributed by atoms with Crippen molar-refractivity contribution in [1.82, 2.24) is 10.2 Å².